The molecule has 0 aliphatic heterocycles. The highest BCUT2D eigenvalue weighted by molar-refractivity contribution is 5.19. The van der Waals surface area contributed by atoms with Crippen LogP contribution in [-0.2, 0) is 6.54 Å². The molecule has 0 bridgehead atoms. The van der Waals surface area contributed by atoms with Crippen molar-refractivity contribution >= 4 is 0 Å². The van der Waals surface area contributed by atoms with E-state index in [1.54, 1.807) is 6.26 Å². The van der Waals surface area contributed by atoms with Gasteiger partial charge in [0.2, 0.25) is 0 Å². The summed E-state index contributed by atoms with van der Waals surface area (Å²) in [4.78, 5) is 0. The smallest absolute Gasteiger partial charge is 0.117 e. The number of rotatable bonds is 6. The third-order valence-corrected chi connectivity index (χ3v) is 2.71. The van der Waals surface area contributed by atoms with Crippen LogP contribution in [0.25, 0.3) is 0 Å². The largest absolute Gasteiger partial charge is 0.468 e. The molecule has 0 aliphatic carbocycles. The Bertz CT molecular complexity index is 433. The Kier molecular flexibility index (Phi) is 4.17. The molecule has 1 N–H and O–H groups in total. The van der Waals surface area contributed by atoms with Gasteiger partial charge in [0.1, 0.15) is 5.76 Å². The molecule has 0 fully saturated rings. The van der Waals surface area contributed by atoms with Crippen LogP contribution in [0.5, 0.6) is 0 Å². The monoisotopic (exact) mass is 227 g/mol. The summed E-state index contributed by atoms with van der Waals surface area (Å²) in [6.45, 7) is 4.54. The van der Waals surface area contributed by atoms with Gasteiger partial charge in [-0.1, -0.05) is 36.4 Å². The van der Waals surface area contributed by atoms with Crippen molar-refractivity contribution in [1.82, 2.24) is 5.32 Å². The van der Waals surface area contributed by atoms with Crippen LogP contribution in [0.2, 0.25) is 0 Å². The lowest BCUT2D eigenvalue weighted by molar-refractivity contribution is 0.450. The average molecular weight is 227 g/mol. The third-order valence-electron chi connectivity index (χ3n) is 2.71. The quantitative estimate of drug-likeness (QED) is 0.761. The Labute approximate surface area is 102 Å². The van der Waals surface area contributed by atoms with Crippen molar-refractivity contribution in [2.75, 3.05) is 0 Å². The van der Waals surface area contributed by atoms with Crippen LogP contribution in [-0.4, -0.2) is 0 Å². The van der Waals surface area contributed by atoms with Crippen molar-refractivity contribution in [3.8, 4) is 0 Å². The summed E-state index contributed by atoms with van der Waals surface area (Å²) in [5.41, 5.74) is 1.28. The van der Waals surface area contributed by atoms with Gasteiger partial charge in [-0.25, -0.2) is 0 Å². The normalized spacial score (nSPS) is 12.2. The molecule has 2 nitrogen and oxygen atoms in total. The zero-order chi connectivity index (χ0) is 11.9. The Morgan fingerprint density at radius 3 is 2.65 bits per heavy atom. The second-order valence-corrected chi connectivity index (χ2v) is 3.95. The topological polar surface area (TPSA) is 25.2 Å². The van der Waals surface area contributed by atoms with Crippen LogP contribution in [0.4, 0.5) is 0 Å². The summed E-state index contributed by atoms with van der Waals surface area (Å²) >= 11 is 0. The fourth-order valence-electron chi connectivity index (χ4n) is 1.83. The number of furan rings is 1. The molecule has 0 radical (unpaired) electrons. The second-order valence-electron chi connectivity index (χ2n) is 3.95. The van der Waals surface area contributed by atoms with E-state index in [1.165, 1.54) is 5.56 Å². The molecule has 0 aliphatic rings. The van der Waals surface area contributed by atoms with Crippen LogP contribution in [0.3, 0.4) is 0 Å². The standard InChI is InChI=1S/C15H17NO/c1-2-7-15(13-8-4-3-5-9-13)16-12-14-10-6-11-17-14/h2-6,8-11,15-16H,1,7,12H2. The zero-order valence-corrected chi connectivity index (χ0v) is 9.80. The molecule has 17 heavy (non-hydrogen) atoms. The van der Waals surface area contributed by atoms with Crippen LogP contribution < -0.4 is 5.32 Å². The van der Waals surface area contributed by atoms with Crippen LogP contribution >= 0.6 is 0 Å². The van der Waals surface area contributed by atoms with Crippen molar-refractivity contribution in [3.63, 3.8) is 0 Å². The van der Waals surface area contributed by atoms with Crippen molar-refractivity contribution in [3.05, 3.63) is 72.7 Å². The number of hydrogen-bond acceptors (Lipinski definition) is 2. The summed E-state index contributed by atoms with van der Waals surface area (Å²) in [6.07, 6.45) is 4.54. The number of nitrogens with one attached hydrogen (secondary N) is 1. The molecule has 0 saturated carbocycles. The molecule has 0 saturated heterocycles. The maximum absolute atomic E-state index is 5.31. The van der Waals surface area contributed by atoms with Gasteiger partial charge in [0, 0.05) is 6.04 Å². The first-order valence-corrected chi connectivity index (χ1v) is 5.82. The molecule has 0 amide bonds. The summed E-state index contributed by atoms with van der Waals surface area (Å²) in [5.74, 6) is 0.954. The van der Waals surface area contributed by atoms with Crippen LogP contribution in [0, 0.1) is 0 Å². The van der Waals surface area contributed by atoms with Gasteiger partial charge in [0.25, 0.3) is 0 Å². The highest BCUT2D eigenvalue weighted by atomic mass is 16.3. The van der Waals surface area contributed by atoms with Crippen LogP contribution in [0.1, 0.15) is 23.8 Å². The van der Waals surface area contributed by atoms with Crippen molar-refractivity contribution < 1.29 is 4.42 Å². The fourth-order valence-corrected chi connectivity index (χ4v) is 1.83. The molecular formula is C15H17NO. The molecule has 1 aromatic carbocycles. The van der Waals surface area contributed by atoms with Crippen molar-refractivity contribution in [2.45, 2.75) is 19.0 Å². The van der Waals surface area contributed by atoms with Gasteiger partial charge in [0.05, 0.1) is 12.8 Å². The highest BCUT2D eigenvalue weighted by Gasteiger charge is 2.09. The van der Waals surface area contributed by atoms with E-state index in [9.17, 15) is 0 Å². The van der Waals surface area contributed by atoms with E-state index in [4.69, 9.17) is 4.42 Å². The molecule has 1 heterocycles. The first-order valence-electron chi connectivity index (χ1n) is 5.82. The molecule has 1 atom stereocenters. The maximum atomic E-state index is 5.31. The molecule has 0 spiro atoms. The predicted molar refractivity (Wildman–Crippen MR) is 69.5 cm³/mol. The zero-order valence-electron chi connectivity index (χ0n) is 9.80. The lowest BCUT2D eigenvalue weighted by Gasteiger charge is -2.16. The van der Waals surface area contributed by atoms with E-state index in [1.807, 2.05) is 24.3 Å². The van der Waals surface area contributed by atoms with E-state index < -0.39 is 0 Å². The Morgan fingerprint density at radius 2 is 2.00 bits per heavy atom. The average Bonchev–Trinajstić information content (AvgIpc) is 2.88. The Balaban J connectivity index is 2.00. The van der Waals surface area contributed by atoms with Gasteiger partial charge in [-0.05, 0) is 24.1 Å². The van der Waals surface area contributed by atoms with Crippen molar-refractivity contribution in [1.29, 1.82) is 0 Å². The molecule has 1 aromatic heterocycles. The predicted octanol–water partition coefficient (Wildman–Crippen LogP) is 3.69. The van der Waals surface area contributed by atoms with Gasteiger partial charge in [-0.15, -0.1) is 6.58 Å². The second kappa shape index (κ2) is 6.06. The number of benzene rings is 1. The molecule has 2 heteroatoms. The molecular weight excluding hydrogens is 210 g/mol. The van der Waals surface area contributed by atoms with E-state index in [-0.39, 0.29) is 0 Å². The van der Waals surface area contributed by atoms with Crippen LogP contribution in [0.15, 0.2) is 65.8 Å². The lowest BCUT2D eigenvalue weighted by Crippen LogP contribution is -2.20. The summed E-state index contributed by atoms with van der Waals surface area (Å²) in [7, 11) is 0. The fraction of sp³-hybridized carbons (Fsp3) is 0.200. The van der Waals surface area contributed by atoms with E-state index >= 15 is 0 Å². The SMILES string of the molecule is C=CCC(NCc1ccco1)c1ccccc1. The third kappa shape index (κ3) is 3.33. The molecule has 1 unspecified atom stereocenters. The summed E-state index contributed by atoms with van der Waals surface area (Å²) in [5, 5.41) is 3.47. The van der Waals surface area contributed by atoms with E-state index in [0.29, 0.717) is 6.04 Å². The van der Waals surface area contributed by atoms with E-state index in [0.717, 1.165) is 18.7 Å². The van der Waals surface area contributed by atoms with Gasteiger partial charge < -0.3 is 9.73 Å². The lowest BCUT2D eigenvalue weighted by atomic mass is 10.0. The van der Waals surface area contributed by atoms with Gasteiger partial charge >= 0.3 is 0 Å². The first-order chi connectivity index (χ1) is 8.40. The van der Waals surface area contributed by atoms with Gasteiger partial charge in [-0.2, -0.15) is 0 Å². The van der Waals surface area contributed by atoms with Crippen molar-refractivity contribution in [2.24, 2.45) is 0 Å². The maximum Gasteiger partial charge on any atom is 0.117 e. The molecule has 2 aromatic rings. The minimum atomic E-state index is 0.291. The molecule has 2 rings (SSSR count). The van der Waals surface area contributed by atoms with Gasteiger partial charge in [-0.3, -0.25) is 0 Å². The van der Waals surface area contributed by atoms with Gasteiger partial charge in [0.15, 0.2) is 0 Å². The number of hydrogen-bond donors (Lipinski definition) is 1. The first kappa shape index (κ1) is 11.7. The minimum Gasteiger partial charge on any atom is -0.468 e. The minimum absolute atomic E-state index is 0.291. The summed E-state index contributed by atoms with van der Waals surface area (Å²) in [6, 6.07) is 14.6. The Hall–Kier alpha value is -1.80. The van der Waals surface area contributed by atoms with E-state index in [2.05, 4.69) is 36.2 Å². The summed E-state index contributed by atoms with van der Waals surface area (Å²) < 4.78 is 5.31. The molecule has 88 valence electrons. The highest BCUT2D eigenvalue weighted by Crippen LogP contribution is 2.17. The Morgan fingerprint density at radius 1 is 1.18 bits per heavy atom.